The van der Waals surface area contributed by atoms with Crippen LogP contribution in [0.15, 0.2) is 0 Å². The van der Waals surface area contributed by atoms with E-state index < -0.39 is 8.32 Å². The number of hydrogen-bond acceptors (Lipinski definition) is 0. The average molecular weight is 131 g/mol. The van der Waals surface area contributed by atoms with Crippen molar-refractivity contribution in [3.63, 3.8) is 0 Å². The molecule has 0 bridgehead atoms. The minimum absolute atomic E-state index is 0.433. The van der Waals surface area contributed by atoms with Crippen molar-refractivity contribution in [2.45, 2.75) is 38.9 Å². The van der Waals surface area contributed by atoms with Gasteiger partial charge in [-0.05, 0) is 18.6 Å². The Hall–Kier alpha value is 0.177. The number of hydrogen-bond donors (Lipinski definition) is 0. The number of rotatable bonds is 2. The van der Waals surface area contributed by atoms with E-state index in [1.54, 1.807) is 0 Å². The minimum Gasteiger partial charge on any atom is -0.298 e. The van der Waals surface area contributed by atoms with E-state index >= 15 is 0 Å². The molecule has 0 aliphatic rings. The van der Waals surface area contributed by atoms with Gasteiger partial charge in [0, 0.05) is 0 Å². The molecule has 0 amide bonds. The highest BCUT2D eigenvalue weighted by Crippen LogP contribution is 2.21. The maximum Gasteiger partial charge on any atom is 0.234 e. The van der Waals surface area contributed by atoms with Gasteiger partial charge in [-0.2, -0.15) is 0 Å². The molecule has 0 aromatic rings. The second-order valence-electron chi connectivity index (χ2n) is 2.91. The summed E-state index contributed by atoms with van der Waals surface area (Å²) in [6.45, 7) is 7.89. The van der Waals surface area contributed by atoms with E-state index in [0.29, 0.717) is 5.54 Å². The van der Waals surface area contributed by atoms with Crippen LogP contribution in [0.5, 0.6) is 0 Å². The van der Waals surface area contributed by atoms with Crippen LogP contribution >= 0.6 is 0 Å². The van der Waals surface area contributed by atoms with Gasteiger partial charge in [0.2, 0.25) is 8.32 Å². The first-order valence-corrected chi connectivity index (χ1v) is 6.17. The van der Waals surface area contributed by atoms with E-state index in [-0.39, 0.29) is 0 Å². The second-order valence-corrected chi connectivity index (χ2v) is 7.11. The Kier molecular flexibility index (Phi) is 2.70. The highest BCUT2D eigenvalue weighted by Gasteiger charge is 2.26. The molecule has 0 aliphatic carbocycles. The van der Waals surface area contributed by atoms with Crippen LogP contribution in [0.4, 0.5) is 0 Å². The summed E-state index contributed by atoms with van der Waals surface area (Å²) in [6, 6.07) is 0. The molecule has 0 fully saturated rings. The summed E-state index contributed by atoms with van der Waals surface area (Å²) >= 11 is 0. The molecule has 1 atom stereocenters. The van der Waals surface area contributed by atoms with Crippen LogP contribution in [0.2, 0.25) is 18.6 Å². The van der Waals surface area contributed by atoms with Crippen LogP contribution in [0.25, 0.3) is 0 Å². The molecular weight excluding hydrogens is 116 g/mol. The maximum absolute atomic E-state index is 11.2. The van der Waals surface area contributed by atoms with Crippen molar-refractivity contribution in [2.75, 3.05) is 0 Å². The van der Waals surface area contributed by atoms with Crippen LogP contribution in [0, 0.1) is 0 Å². The fourth-order valence-electron chi connectivity index (χ4n) is 0.492. The average Bonchev–Trinajstić information content (AvgIpc) is 1.62. The third kappa shape index (κ3) is 2.48. The predicted octanol–water partition coefficient (Wildman–Crippen LogP) is 2.42. The zero-order chi connectivity index (χ0) is 6.78. The summed E-state index contributed by atoms with van der Waals surface area (Å²) in [7, 11) is -2.01. The highest BCUT2D eigenvalue weighted by molar-refractivity contribution is 6.70. The fourth-order valence-corrected chi connectivity index (χ4v) is 1.47. The quantitative estimate of drug-likeness (QED) is 0.513. The molecule has 1 nitrogen and oxygen atoms in total. The zero-order valence-electron chi connectivity index (χ0n) is 6.19. The van der Waals surface area contributed by atoms with E-state index in [1.807, 2.05) is 13.1 Å². The Morgan fingerprint density at radius 1 is 1.50 bits per heavy atom. The van der Waals surface area contributed by atoms with Gasteiger partial charge in [0.05, 0.1) is 0 Å². The van der Waals surface area contributed by atoms with Crippen LogP contribution < -0.4 is 0 Å². The van der Waals surface area contributed by atoms with Gasteiger partial charge in [0.1, 0.15) is 0 Å². The van der Waals surface area contributed by atoms with Crippen molar-refractivity contribution in [3.05, 3.63) is 0 Å². The van der Waals surface area contributed by atoms with Gasteiger partial charge in [-0.15, -0.1) is 0 Å². The summed E-state index contributed by atoms with van der Waals surface area (Å²) in [5.74, 6) is 0. The standard InChI is InChI=1S/C6H15OSi/c1-5-6(2)8(3,4)7/h6H,5H2,1-4H3. The van der Waals surface area contributed by atoms with Gasteiger partial charge in [-0.25, -0.2) is 0 Å². The first-order valence-electron chi connectivity index (χ1n) is 3.19. The lowest BCUT2D eigenvalue weighted by Crippen LogP contribution is -2.28. The molecule has 1 unspecified atom stereocenters. The summed E-state index contributed by atoms with van der Waals surface area (Å²) in [5.41, 5.74) is 0.433. The molecule has 0 heterocycles. The Labute approximate surface area is 52.9 Å². The van der Waals surface area contributed by atoms with Crippen molar-refractivity contribution in [3.8, 4) is 0 Å². The predicted molar refractivity (Wildman–Crippen MR) is 37.9 cm³/mol. The molecule has 0 saturated heterocycles. The van der Waals surface area contributed by atoms with Gasteiger partial charge in [0.15, 0.2) is 0 Å². The van der Waals surface area contributed by atoms with E-state index in [1.165, 1.54) is 0 Å². The minimum atomic E-state index is -2.01. The van der Waals surface area contributed by atoms with Crippen LogP contribution in [-0.4, -0.2) is 8.32 Å². The molecule has 2 heteroatoms. The lowest BCUT2D eigenvalue weighted by molar-refractivity contribution is 0.411. The summed E-state index contributed by atoms with van der Waals surface area (Å²) in [4.78, 5) is 11.2. The van der Waals surface area contributed by atoms with Crippen molar-refractivity contribution >= 4 is 8.32 Å². The van der Waals surface area contributed by atoms with Crippen LogP contribution in [-0.2, 0) is 4.80 Å². The van der Waals surface area contributed by atoms with Gasteiger partial charge in [-0.1, -0.05) is 20.3 Å². The molecule has 0 aromatic heterocycles. The third-order valence-corrected chi connectivity index (χ3v) is 4.58. The van der Waals surface area contributed by atoms with Crippen LogP contribution in [0.3, 0.4) is 0 Å². The molecular formula is C6H15OSi. The van der Waals surface area contributed by atoms with E-state index in [9.17, 15) is 4.80 Å². The highest BCUT2D eigenvalue weighted by atomic mass is 28.4. The first kappa shape index (κ1) is 8.18. The SMILES string of the molecule is CCC(C)[Si](C)(C)[O]. The molecule has 0 aromatic carbocycles. The Balaban J connectivity index is 3.62. The molecule has 0 rings (SSSR count). The lowest BCUT2D eigenvalue weighted by atomic mass is 10.4. The van der Waals surface area contributed by atoms with Gasteiger partial charge in [-0.3, -0.25) is 4.80 Å². The van der Waals surface area contributed by atoms with Gasteiger partial charge in [0.25, 0.3) is 0 Å². The fraction of sp³-hybridized carbons (Fsp3) is 1.00. The van der Waals surface area contributed by atoms with Crippen molar-refractivity contribution < 1.29 is 4.80 Å². The molecule has 0 spiro atoms. The van der Waals surface area contributed by atoms with Gasteiger partial charge >= 0.3 is 0 Å². The summed E-state index contributed by atoms with van der Waals surface area (Å²) in [5, 5.41) is 0. The Bertz CT molecular complexity index is 65.4. The normalized spacial score (nSPS) is 16.1. The molecule has 0 N–H and O–H groups in total. The third-order valence-electron chi connectivity index (χ3n) is 1.80. The summed E-state index contributed by atoms with van der Waals surface area (Å²) < 4.78 is 0. The monoisotopic (exact) mass is 131 g/mol. The van der Waals surface area contributed by atoms with E-state index in [0.717, 1.165) is 6.42 Å². The maximum atomic E-state index is 11.2. The molecule has 0 saturated carbocycles. The summed E-state index contributed by atoms with van der Waals surface area (Å²) in [6.07, 6.45) is 1.04. The Morgan fingerprint density at radius 2 is 1.88 bits per heavy atom. The van der Waals surface area contributed by atoms with Crippen molar-refractivity contribution in [1.82, 2.24) is 0 Å². The molecule has 1 radical (unpaired) electrons. The largest absolute Gasteiger partial charge is 0.298 e. The smallest absolute Gasteiger partial charge is 0.234 e. The lowest BCUT2D eigenvalue weighted by Gasteiger charge is -2.17. The van der Waals surface area contributed by atoms with Crippen LogP contribution in [0.1, 0.15) is 20.3 Å². The van der Waals surface area contributed by atoms with E-state index in [2.05, 4.69) is 13.8 Å². The first-order chi connectivity index (χ1) is 3.48. The topological polar surface area (TPSA) is 19.9 Å². The van der Waals surface area contributed by atoms with E-state index in [4.69, 9.17) is 0 Å². The van der Waals surface area contributed by atoms with Crippen molar-refractivity contribution in [2.24, 2.45) is 0 Å². The molecule has 0 aliphatic heterocycles. The molecule has 8 heavy (non-hydrogen) atoms. The molecule has 49 valence electrons. The van der Waals surface area contributed by atoms with Crippen molar-refractivity contribution in [1.29, 1.82) is 0 Å². The Morgan fingerprint density at radius 3 is 1.88 bits per heavy atom. The zero-order valence-corrected chi connectivity index (χ0v) is 7.19. The second kappa shape index (κ2) is 2.64. The van der Waals surface area contributed by atoms with Gasteiger partial charge < -0.3 is 0 Å².